The number of carboxylic acid groups (broad SMARTS) is 1. The first-order valence-electron chi connectivity index (χ1n) is 6.75. The molecular weight excluding hydrogens is 282 g/mol. The van der Waals surface area contributed by atoms with Gasteiger partial charge in [-0.05, 0) is 18.1 Å². The van der Waals surface area contributed by atoms with Gasteiger partial charge in [-0.15, -0.1) is 5.10 Å². The number of rotatable bonds is 1. The van der Waals surface area contributed by atoms with Crippen LogP contribution in [0.5, 0.6) is 0 Å². The van der Waals surface area contributed by atoms with Crippen molar-refractivity contribution in [2.24, 2.45) is 0 Å². The predicted octanol–water partition coefficient (Wildman–Crippen LogP) is 2.58. The molecule has 7 nitrogen and oxygen atoms in total. The molecule has 2 heterocycles. The van der Waals surface area contributed by atoms with E-state index in [-0.39, 0.29) is 22.7 Å². The lowest BCUT2D eigenvalue weighted by atomic mass is 9.89. The van der Waals surface area contributed by atoms with Gasteiger partial charge in [0.2, 0.25) is 0 Å². The highest BCUT2D eigenvalue weighted by Crippen LogP contribution is 2.46. The molecule has 1 unspecified atom stereocenters. The second-order valence-corrected chi connectivity index (χ2v) is 5.97. The molecule has 110 valence electrons. The lowest BCUT2D eigenvalue weighted by molar-refractivity contribution is 0.209. The second-order valence-electron chi connectivity index (χ2n) is 5.97. The van der Waals surface area contributed by atoms with Gasteiger partial charge in [-0.2, -0.15) is 10.5 Å². The summed E-state index contributed by atoms with van der Waals surface area (Å²) < 4.78 is 1.59. The molecule has 0 bridgehead atoms. The van der Waals surface area contributed by atoms with Crippen molar-refractivity contribution in [1.29, 1.82) is 10.5 Å². The van der Waals surface area contributed by atoms with Crippen LogP contribution < -0.4 is 5.32 Å². The average molecular weight is 295 g/mol. The fraction of sp³-hybridized carbons (Fsp3) is 0.333. The van der Waals surface area contributed by atoms with Crippen molar-refractivity contribution >= 4 is 17.4 Å². The minimum absolute atomic E-state index is 0.0135. The van der Waals surface area contributed by atoms with E-state index in [4.69, 9.17) is 5.11 Å². The van der Waals surface area contributed by atoms with E-state index in [0.717, 1.165) is 11.3 Å². The topological polar surface area (TPSA) is 114 Å². The molecule has 0 saturated heterocycles. The van der Waals surface area contributed by atoms with Crippen LogP contribution in [0.25, 0.3) is 5.52 Å². The first-order valence-corrected chi connectivity index (χ1v) is 6.75. The third kappa shape index (κ3) is 1.80. The van der Waals surface area contributed by atoms with Crippen molar-refractivity contribution in [3.05, 3.63) is 29.0 Å². The minimum Gasteiger partial charge on any atom is -0.465 e. The Bertz CT molecular complexity index is 882. The van der Waals surface area contributed by atoms with Crippen LogP contribution in [0.4, 0.5) is 10.6 Å². The Kier molecular flexibility index (Phi) is 2.82. The fourth-order valence-corrected chi connectivity index (χ4v) is 3.22. The summed E-state index contributed by atoms with van der Waals surface area (Å²) in [5.74, 6) is -0.209. The number of fused-ring (bicyclic) bond motifs is 3. The van der Waals surface area contributed by atoms with Crippen molar-refractivity contribution in [2.45, 2.75) is 31.6 Å². The van der Waals surface area contributed by atoms with Gasteiger partial charge in [0.15, 0.2) is 5.82 Å². The molecule has 0 saturated carbocycles. The standard InChI is InChI=1S/C15H13N5O2/c1-15(2)5-8(6-16)9-3-4-11-10(7-17)13(18-14(21)22)19-20(11)12(9)15/h3-4,8H,5H2,1-2H3,(H,18,19)(H,21,22). The van der Waals surface area contributed by atoms with Gasteiger partial charge in [0.25, 0.3) is 0 Å². The van der Waals surface area contributed by atoms with E-state index < -0.39 is 6.09 Å². The van der Waals surface area contributed by atoms with Gasteiger partial charge in [0.1, 0.15) is 11.6 Å². The highest BCUT2D eigenvalue weighted by molar-refractivity contribution is 5.86. The largest absolute Gasteiger partial charge is 0.465 e. The number of nitrogens with zero attached hydrogens (tertiary/aromatic N) is 4. The minimum atomic E-state index is -1.27. The first-order chi connectivity index (χ1) is 10.4. The molecular formula is C15H13N5O2. The third-order valence-corrected chi connectivity index (χ3v) is 4.05. The van der Waals surface area contributed by atoms with Gasteiger partial charge >= 0.3 is 6.09 Å². The molecule has 1 amide bonds. The zero-order valence-electron chi connectivity index (χ0n) is 12.1. The number of nitriles is 2. The molecule has 3 rings (SSSR count). The van der Waals surface area contributed by atoms with Gasteiger partial charge in [0, 0.05) is 5.41 Å². The molecule has 0 radical (unpaired) electrons. The van der Waals surface area contributed by atoms with Crippen molar-refractivity contribution < 1.29 is 9.90 Å². The zero-order valence-corrected chi connectivity index (χ0v) is 12.1. The predicted molar refractivity (Wildman–Crippen MR) is 77.6 cm³/mol. The molecule has 2 aromatic heterocycles. The summed E-state index contributed by atoms with van der Waals surface area (Å²) in [5, 5.41) is 33.9. The van der Waals surface area contributed by atoms with E-state index in [9.17, 15) is 15.3 Å². The Labute approximate surface area is 126 Å². The molecule has 0 aliphatic heterocycles. The van der Waals surface area contributed by atoms with E-state index in [2.05, 4.69) is 16.5 Å². The maximum Gasteiger partial charge on any atom is 0.410 e. The van der Waals surface area contributed by atoms with Crippen molar-refractivity contribution in [3.63, 3.8) is 0 Å². The van der Waals surface area contributed by atoms with Crippen LogP contribution in [0, 0.1) is 22.7 Å². The van der Waals surface area contributed by atoms with Crippen LogP contribution in [-0.4, -0.2) is 20.8 Å². The molecule has 2 N–H and O–H groups in total. The maximum absolute atomic E-state index is 10.9. The summed E-state index contributed by atoms with van der Waals surface area (Å²) in [7, 11) is 0. The van der Waals surface area contributed by atoms with E-state index in [1.165, 1.54) is 0 Å². The first kappa shape index (κ1) is 13.9. The number of amides is 1. The van der Waals surface area contributed by atoms with E-state index in [1.54, 1.807) is 10.6 Å². The lowest BCUT2D eigenvalue weighted by Crippen LogP contribution is -2.17. The summed E-state index contributed by atoms with van der Waals surface area (Å²) in [6, 6.07) is 7.83. The summed E-state index contributed by atoms with van der Waals surface area (Å²) in [5.41, 5.74) is 2.17. The summed E-state index contributed by atoms with van der Waals surface area (Å²) >= 11 is 0. The van der Waals surface area contributed by atoms with Crippen molar-refractivity contribution in [1.82, 2.24) is 9.61 Å². The van der Waals surface area contributed by atoms with Crippen LogP contribution >= 0.6 is 0 Å². The van der Waals surface area contributed by atoms with Gasteiger partial charge in [-0.1, -0.05) is 19.9 Å². The summed E-state index contributed by atoms with van der Waals surface area (Å²) in [6.07, 6.45) is -0.604. The third-order valence-electron chi connectivity index (χ3n) is 4.05. The number of hydrogen-bond donors (Lipinski definition) is 2. The molecule has 1 aliphatic rings. The number of hydrogen-bond acceptors (Lipinski definition) is 4. The Morgan fingerprint density at radius 1 is 1.50 bits per heavy atom. The summed E-state index contributed by atoms with van der Waals surface area (Å²) in [4.78, 5) is 10.9. The Morgan fingerprint density at radius 2 is 2.23 bits per heavy atom. The summed E-state index contributed by atoms with van der Waals surface area (Å²) in [6.45, 7) is 4.03. The van der Waals surface area contributed by atoms with Gasteiger partial charge < -0.3 is 5.11 Å². The van der Waals surface area contributed by atoms with Crippen LogP contribution in [0.3, 0.4) is 0 Å². The van der Waals surface area contributed by atoms with Crippen molar-refractivity contribution in [3.8, 4) is 12.1 Å². The Balaban J connectivity index is 2.35. The molecule has 7 heteroatoms. The van der Waals surface area contributed by atoms with Crippen LogP contribution in [0.1, 0.15) is 43.0 Å². The van der Waals surface area contributed by atoms with Crippen molar-refractivity contribution in [2.75, 3.05) is 5.32 Å². The average Bonchev–Trinajstić information content (AvgIpc) is 2.91. The maximum atomic E-state index is 10.9. The lowest BCUT2D eigenvalue weighted by Gasteiger charge is -2.19. The quantitative estimate of drug-likeness (QED) is 0.839. The number of aromatic nitrogens is 2. The highest BCUT2D eigenvalue weighted by Gasteiger charge is 2.40. The van der Waals surface area contributed by atoms with E-state index in [1.807, 2.05) is 26.0 Å². The van der Waals surface area contributed by atoms with Gasteiger partial charge in [-0.3, -0.25) is 5.32 Å². The molecule has 0 aromatic carbocycles. The molecule has 1 atom stereocenters. The number of anilines is 1. The fourth-order valence-electron chi connectivity index (χ4n) is 3.22. The zero-order chi connectivity index (χ0) is 16.1. The number of carbonyl (C=O) groups is 1. The SMILES string of the molecule is CC1(C)CC(C#N)c2ccc3c(C#N)c(NC(=O)O)nn3c21. The normalized spacial score (nSPS) is 18.5. The molecule has 22 heavy (non-hydrogen) atoms. The molecule has 1 aliphatic carbocycles. The Hall–Kier alpha value is -3.06. The Morgan fingerprint density at radius 3 is 2.82 bits per heavy atom. The second kappa shape index (κ2) is 4.47. The van der Waals surface area contributed by atoms with E-state index >= 15 is 0 Å². The molecule has 2 aromatic rings. The number of pyridine rings is 1. The smallest absolute Gasteiger partial charge is 0.410 e. The van der Waals surface area contributed by atoms with E-state index in [0.29, 0.717) is 11.9 Å². The monoisotopic (exact) mass is 295 g/mol. The molecule has 0 spiro atoms. The highest BCUT2D eigenvalue weighted by atomic mass is 16.4. The van der Waals surface area contributed by atoms with Crippen LogP contribution in [0.2, 0.25) is 0 Å². The van der Waals surface area contributed by atoms with Crippen LogP contribution in [0.15, 0.2) is 12.1 Å². The van der Waals surface area contributed by atoms with Gasteiger partial charge in [-0.25, -0.2) is 9.31 Å². The van der Waals surface area contributed by atoms with Gasteiger partial charge in [0.05, 0.1) is 23.2 Å². The van der Waals surface area contributed by atoms with Crippen LogP contribution in [-0.2, 0) is 5.41 Å². The molecule has 0 fully saturated rings. The number of nitrogens with one attached hydrogen (secondary N) is 1.